The first-order valence-corrected chi connectivity index (χ1v) is 11.1. The molecule has 0 spiro atoms. The van der Waals surface area contributed by atoms with Crippen LogP contribution in [-0.2, 0) is 17.6 Å². The number of carbonyl (C=O) groups is 1. The third-order valence-electron chi connectivity index (χ3n) is 6.75. The molecule has 4 aliphatic carbocycles. The van der Waals surface area contributed by atoms with Crippen molar-refractivity contribution in [2.45, 2.75) is 70.0 Å². The molecule has 4 fully saturated rings. The molecule has 3 heteroatoms. The van der Waals surface area contributed by atoms with Crippen molar-refractivity contribution in [1.82, 2.24) is 0 Å². The molecule has 0 saturated heterocycles. The van der Waals surface area contributed by atoms with Crippen LogP contribution in [0, 0.1) is 17.8 Å². The average molecular weight is 358 g/mol. The van der Waals surface area contributed by atoms with Crippen LogP contribution in [0.2, 0.25) is 0 Å². The van der Waals surface area contributed by atoms with Crippen LogP contribution in [0.15, 0.2) is 18.2 Å². The molecule has 1 aromatic carbocycles. The van der Waals surface area contributed by atoms with E-state index < -0.39 is 0 Å². The summed E-state index contributed by atoms with van der Waals surface area (Å²) in [6.07, 6.45) is 10.4. The Labute approximate surface area is 156 Å². The number of para-hydroxylation sites is 1. The number of thioether (sulfide) groups is 1. The van der Waals surface area contributed by atoms with Crippen molar-refractivity contribution in [2.75, 3.05) is 11.1 Å². The lowest BCUT2D eigenvalue weighted by Gasteiger charge is -2.56. The molecule has 0 atom stereocenters. The molecule has 0 aliphatic heterocycles. The van der Waals surface area contributed by atoms with Gasteiger partial charge in [-0.2, -0.15) is 0 Å². The summed E-state index contributed by atoms with van der Waals surface area (Å²) in [5, 5.41) is 3.25. The van der Waals surface area contributed by atoms with Gasteiger partial charge in [0.15, 0.2) is 0 Å². The first-order chi connectivity index (χ1) is 12.1. The largest absolute Gasteiger partial charge is 0.325 e. The number of hydrogen-bond donors (Lipinski definition) is 1. The Morgan fingerprint density at radius 1 is 1.04 bits per heavy atom. The maximum absolute atomic E-state index is 12.7. The van der Waals surface area contributed by atoms with Gasteiger partial charge in [0.25, 0.3) is 0 Å². The van der Waals surface area contributed by atoms with E-state index in [4.69, 9.17) is 0 Å². The first kappa shape index (κ1) is 17.5. The maximum Gasteiger partial charge on any atom is 0.234 e. The quantitative estimate of drug-likeness (QED) is 0.733. The van der Waals surface area contributed by atoms with E-state index in [9.17, 15) is 4.79 Å². The fraction of sp³-hybridized carbons (Fsp3) is 0.682. The second-order valence-electron chi connectivity index (χ2n) is 8.60. The molecule has 0 unspecified atom stereocenters. The second kappa shape index (κ2) is 6.98. The highest BCUT2D eigenvalue weighted by molar-refractivity contribution is 8.01. The molecular weight excluding hydrogens is 326 g/mol. The highest BCUT2D eigenvalue weighted by Crippen LogP contribution is 2.60. The molecule has 4 aliphatic rings. The zero-order chi connectivity index (χ0) is 17.4. The summed E-state index contributed by atoms with van der Waals surface area (Å²) in [7, 11) is 0. The summed E-state index contributed by atoms with van der Waals surface area (Å²) in [6, 6.07) is 6.39. The molecule has 0 heterocycles. The highest BCUT2D eigenvalue weighted by Gasteiger charge is 2.51. The van der Waals surface area contributed by atoms with E-state index in [0.717, 1.165) is 36.3 Å². The Balaban J connectivity index is 1.40. The Kier molecular flexibility index (Phi) is 4.87. The van der Waals surface area contributed by atoms with Crippen LogP contribution in [0.4, 0.5) is 5.69 Å². The van der Waals surface area contributed by atoms with Gasteiger partial charge >= 0.3 is 0 Å². The summed E-state index contributed by atoms with van der Waals surface area (Å²) in [5.74, 6) is 3.67. The molecule has 2 nitrogen and oxygen atoms in total. The van der Waals surface area contributed by atoms with Gasteiger partial charge in [-0.1, -0.05) is 32.0 Å². The van der Waals surface area contributed by atoms with Crippen molar-refractivity contribution in [3.8, 4) is 0 Å². The van der Waals surface area contributed by atoms with Crippen molar-refractivity contribution in [2.24, 2.45) is 17.8 Å². The summed E-state index contributed by atoms with van der Waals surface area (Å²) in [6.45, 7) is 4.32. The van der Waals surface area contributed by atoms with Crippen molar-refractivity contribution >= 4 is 23.4 Å². The summed E-state index contributed by atoms with van der Waals surface area (Å²) < 4.78 is 0.421. The van der Waals surface area contributed by atoms with Crippen LogP contribution in [0.25, 0.3) is 0 Å². The van der Waals surface area contributed by atoms with E-state index in [2.05, 4.69) is 37.4 Å². The van der Waals surface area contributed by atoms with Crippen LogP contribution in [-0.4, -0.2) is 16.4 Å². The zero-order valence-corrected chi connectivity index (χ0v) is 16.5. The van der Waals surface area contributed by atoms with Gasteiger partial charge < -0.3 is 5.32 Å². The van der Waals surface area contributed by atoms with E-state index in [0.29, 0.717) is 10.5 Å². The van der Waals surface area contributed by atoms with Gasteiger partial charge in [0, 0.05) is 10.4 Å². The Morgan fingerprint density at radius 3 is 2.04 bits per heavy atom. The lowest BCUT2D eigenvalue weighted by atomic mass is 9.56. The lowest BCUT2D eigenvalue weighted by molar-refractivity contribution is -0.113. The highest BCUT2D eigenvalue weighted by atomic mass is 32.2. The number of carbonyl (C=O) groups excluding carboxylic acids is 1. The number of nitrogens with one attached hydrogen (secondary N) is 1. The second-order valence-corrected chi connectivity index (χ2v) is 10.0. The summed E-state index contributed by atoms with van der Waals surface area (Å²) >= 11 is 1.98. The zero-order valence-electron chi connectivity index (χ0n) is 15.6. The fourth-order valence-electron chi connectivity index (χ4n) is 6.01. The molecular formula is C22H31NOS. The Morgan fingerprint density at radius 2 is 1.56 bits per heavy atom. The van der Waals surface area contributed by atoms with Gasteiger partial charge in [-0.3, -0.25) is 4.79 Å². The number of benzene rings is 1. The van der Waals surface area contributed by atoms with E-state index in [1.807, 2.05) is 11.8 Å². The molecule has 136 valence electrons. The predicted octanol–water partition coefficient (Wildman–Crippen LogP) is 5.45. The average Bonchev–Trinajstić information content (AvgIpc) is 2.59. The number of hydrogen-bond acceptors (Lipinski definition) is 2. The lowest BCUT2D eigenvalue weighted by Crippen LogP contribution is -2.49. The van der Waals surface area contributed by atoms with Gasteiger partial charge in [-0.05, 0) is 80.2 Å². The molecule has 0 radical (unpaired) electrons. The van der Waals surface area contributed by atoms with E-state index in [1.165, 1.54) is 49.7 Å². The van der Waals surface area contributed by atoms with E-state index in [-0.39, 0.29) is 5.91 Å². The molecule has 25 heavy (non-hydrogen) atoms. The molecule has 4 saturated carbocycles. The van der Waals surface area contributed by atoms with Crippen molar-refractivity contribution in [3.05, 3.63) is 29.3 Å². The number of rotatable bonds is 6. The first-order valence-electron chi connectivity index (χ1n) is 10.2. The molecule has 0 aromatic heterocycles. The van der Waals surface area contributed by atoms with Gasteiger partial charge in [-0.25, -0.2) is 0 Å². The predicted molar refractivity (Wildman–Crippen MR) is 107 cm³/mol. The van der Waals surface area contributed by atoms with Crippen LogP contribution in [0.1, 0.15) is 63.5 Å². The van der Waals surface area contributed by atoms with E-state index in [1.54, 1.807) is 0 Å². The molecule has 1 N–H and O–H groups in total. The minimum Gasteiger partial charge on any atom is -0.325 e. The Hall–Kier alpha value is -0.960. The number of amides is 1. The van der Waals surface area contributed by atoms with Gasteiger partial charge in [0.1, 0.15) is 0 Å². The van der Waals surface area contributed by atoms with Crippen molar-refractivity contribution in [1.29, 1.82) is 0 Å². The maximum atomic E-state index is 12.7. The smallest absolute Gasteiger partial charge is 0.234 e. The minimum absolute atomic E-state index is 0.191. The van der Waals surface area contributed by atoms with Gasteiger partial charge in [0.05, 0.1) is 5.75 Å². The Bertz CT molecular complexity index is 596. The van der Waals surface area contributed by atoms with Crippen LogP contribution in [0.5, 0.6) is 0 Å². The standard InChI is InChI=1S/C22H31NOS/c1-3-18-6-5-7-19(4-2)21(18)23-20(24)14-25-22-11-15-8-16(12-22)10-17(9-15)13-22/h5-7,15-17H,3-4,8-14H2,1-2H3,(H,23,24). The van der Waals surface area contributed by atoms with Gasteiger partial charge in [0.2, 0.25) is 5.91 Å². The topological polar surface area (TPSA) is 29.1 Å². The van der Waals surface area contributed by atoms with Crippen LogP contribution in [0.3, 0.4) is 0 Å². The fourth-order valence-corrected chi connectivity index (χ4v) is 7.58. The van der Waals surface area contributed by atoms with Gasteiger partial charge in [-0.15, -0.1) is 11.8 Å². The SMILES string of the molecule is CCc1cccc(CC)c1NC(=O)CSC12CC3CC(CC(C3)C1)C2. The normalized spacial score (nSPS) is 32.8. The molecule has 4 bridgehead atoms. The third kappa shape index (κ3) is 3.49. The van der Waals surface area contributed by atoms with Crippen LogP contribution < -0.4 is 5.32 Å². The molecule has 5 rings (SSSR count). The minimum atomic E-state index is 0.191. The summed E-state index contributed by atoms with van der Waals surface area (Å²) in [5.41, 5.74) is 3.59. The van der Waals surface area contributed by atoms with Crippen molar-refractivity contribution < 1.29 is 4.79 Å². The number of aryl methyl sites for hydroxylation is 2. The van der Waals surface area contributed by atoms with Crippen LogP contribution >= 0.6 is 11.8 Å². The summed E-state index contributed by atoms with van der Waals surface area (Å²) in [4.78, 5) is 12.7. The van der Waals surface area contributed by atoms with E-state index >= 15 is 0 Å². The number of anilines is 1. The molecule has 1 aromatic rings. The molecule has 1 amide bonds. The van der Waals surface area contributed by atoms with Crippen molar-refractivity contribution in [3.63, 3.8) is 0 Å². The third-order valence-corrected chi connectivity index (χ3v) is 8.27. The monoisotopic (exact) mass is 357 g/mol.